The Hall–Kier alpha value is -1.32. The Morgan fingerprint density at radius 2 is 2.14 bits per heavy atom. The molecule has 0 radical (unpaired) electrons. The van der Waals surface area contributed by atoms with Crippen molar-refractivity contribution >= 4 is 11.3 Å². The van der Waals surface area contributed by atoms with Gasteiger partial charge in [-0.3, -0.25) is 0 Å². The number of hydrogen-bond donors (Lipinski definition) is 1. The number of para-hydroxylation sites is 1. The SMILES string of the molecule is OC(CCCc1cccs1)CC1CCOc2ccccc21. The molecule has 0 amide bonds. The molecule has 2 unspecified atom stereocenters. The van der Waals surface area contributed by atoms with Crippen molar-refractivity contribution in [3.63, 3.8) is 0 Å². The summed E-state index contributed by atoms with van der Waals surface area (Å²) < 4.78 is 5.69. The van der Waals surface area contributed by atoms with Crippen molar-refractivity contribution in [3.8, 4) is 5.75 Å². The molecule has 1 aromatic heterocycles. The molecule has 2 aromatic rings. The fourth-order valence-electron chi connectivity index (χ4n) is 3.07. The van der Waals surface area contributed by atoms with Crippen molar-refractivity contribution in [2.45, 2.75) is 44.1 Å². The van der Waals surface area contributed by atoms with E-state index in [1.807, 2.05) is 12.1 Å². The highest BCUT2D eigenvalue weighted by atomic mass is 32.1. The Morgan fingerprint density at radius 1 is 1.24 bits per heavy atom. The fourth-order valence-corrected chi connectivity index (χ4v) is 3.82. The van der Waals surface area contributed by atoms with Crippen molar-refractivity contribution in [2.75, 3.05) is 6.61 Å². The van der Waals surface area contributed by atoms with E-state index in [-0.39, 0.29) is 6.10 Å². The molecule has 1 aliphatic heterocycles. The number of ether oxygens (including phenoxy) is 1. The molecule has 0 bridgehead atoms. The average molecular weight is 302 g/mol. The molecule has 112 valence electrons. The minimum Gasteiger partial charge on any atom is -0.493 e. The van der Waals surface area contributed by atoms with Crippen LogP contribution in [0.15, 0.2) is 41.8 Å². The van der Waals surface area contributed by atoms with Crippen LogP contribution < -0.4 is 4.74 Å². The molecule has 3 heteroatoms. The summed E-state index contributed by atoms with van der Waals surface area (Å²) in [6.07, 6.45) is 4.69. The van der Waals surface area contributed by atoms with E-state index in [0.717, 1.165) is 44.5 Å². The summed E-state index contributed by atoms with van der Waals surface area (Å²) in [6, 6.07) is 12.5. The predicted molar refractivity (Wildman–Crippen MR) is 87.2 cm³/mol. The summed E-state index contributed by atoms with van der Waals surface area (Å²) in [5, 5.41) is 12.4. The molecule has 1 aromatic carbocycles. The number of aliphatic hydroxyl groups is 1. The summed E-state index contributed by atoms with van der Waals surface area (Å²) in [5.41, 5.74) is 1.26. The highest BCUT2D eigenvalue weighted by Gasteiger charge is 2.23. The molecule has 3 rings (SSSR count). The average Bonchev–Trinajstić information content (AvgIpc) is 3.01. The molecule has 0 saturated heterocycles. The number of fused-ring (bicyclic) bond motifs is 1. The molecule has 0 spiro atoms. The van der Waals surface area contributed by atoms with Gasteiger partial charge in [-0.2, -0.15) is 0 Å². The maximum absolute atomic E-state index is 10.3. The van der Waals surface area contributed by atoms with Crippen molar-refractivity contribution in [1.82, 2.24) is 0 Å². The second-order valence-electron chi connectivity index (χ2n) is 5.73. The third-order valence-corrected chi connectivity index (χ3v) is 5.12. The van der Waals surface area contributed by atoms with Gasteiger partial charge in [0.2, 0.25) is 0 Å². The lowest BCUT2D eigenvalue weighted by molar-refractivity contribution is 0.133. The second kappa shape index (κ2) is 7.10. The van der Waals surface area contributed by atoms with Gasteiger partial charge in [0.05, 0.1) is 12.7 Å². The first-order valence-electron chi connectivity index (χ1n) is 7.75. The van der Waals surface area contributed by atoms with Crippen LogP contribution in [0.25, 0.3) is 0 Å². The Labute approximate surface area is 130 Å². The lowest BCUT2D eigenvalue weighted by Crippen LogP contribution is -2.19. The van der Waals surface area contributed by atoms with Crippen LogP contribution in [0, 0.1) is 0 Å². The largest absolute Gasteiger partial charge is 0.493 e. The van der Waals surface area contributed by atoms with E-state index in [4.69, 9.17) is 4.74 Å². The van der Waals surface area contributed by atoms with E-state index in [1.54, 1.807) is 11.3 Å². The molecule has 1 aliphatic rings. The third kappa shape index (κ3) is 3.86. The molecule has 2 nitrogen and oxygen atoms in total. The molecule has 0 aliphatic carbocycles. The molecule has 2 atom stereocenters. The Morgan fingerprint density at radius 3 is 3.00 bits per heavy atom. The molecule has 2 heterocycles. The van der Waals surface area contributed by atoms with Gasteiger partial charge in [0.25, 0.3) is 0 Å². The molecular weight excluding hydrogens is 280 g/mol. The number of rotatable bonds is 6. The normalized spacial score (nSPS) is 18.8. The molecule has 0 fully saturated rings. The number of aryl methyl sites for hydroxylation is 1. The van der Waals surface area contributed by atoms with Crippen molar-refractivity contribution in [1.29, 1.82) is 0 Å². The summed E-state index contributed by atoms with van der Waals surface area (Å²) in [6.45, 7) is 0.767. The second-order valence-corrected chi connectivity index (χ2v) is 6.77. The highest BCUT2D eigenvalue weighted by molar-refractivity contribution is 7.09. The van der Waals surface area contributed by atoms with E-state index >= 15 is 0 Å². The van der Waals surface area contributed by atoms with Gasteiger partial charge in [0, 0.05) is 4.88 Å². The smallest absolute Gasteiger partial charge is 0.122 e. The van der Waals surface area contributed by atoms with Crippen LogP contribution in [-0.4, -0.2) is 17.8 Å². The Kier molecular flexibility index (Phi) is 4.94. The van der Waals surface area contributed by atoms with Gasteiger partial charge in [0.15, 0.2) is 0 Å². The zero-order valence-electron chi connectivity index (χ0n) is 12.2. The van der Waals surface area contributed by atoms with E-state index in [2.05, 4.69) is 29.6 Å². The number of thiophene rings is 1. The Bertz CT molecular complexity index is 550. The van der Waals surface area contributed by atoms with Crippen LogP contribution in [0.3, 0.4) is 0 Å². The first-order chi connectivity index (χ1) is 10.3. The van der Waals surface area contributed by atoms with Crippen molar-refractivity contribution in [3.05, 3.63) is 52.2 Å². The summed E-state index contributed by atoms with van der Waals surface area (Å²) >= 11 is 1.80. The minimum atomic E-state index is -0.207. The minimum absolute atomic E-state index is 0.207. The van der Waals surface area contributed by atoms with E-state index in [9.17, 15) is 5.11 Å². The van der Waals surface area contributed by atoms with Crippen LogP contribution in [0.2, 0.25) is 0 Å². The topological polar surface area (TPSA) is 29.5 Å². The zero-order valence-corrected chi connectivity index (χ0v) is 13.0. The standard InChI is InChI=1S/C18H22O2S/c19-15(5-3-6-16-7-4-12-21-16)13-14-10-11-20-18-9-2-1-8-17(14)18/h1-2,4,7-9,12,14-15,19H,3,5-6,10-11,13H2. The maximum Gasteiger partial charge on any atom is 0.122 e. The van der Waals surface area contributed by atoms with Crippen molar-refractivity contribution in [2.24, 2.45) is 0 Å². The van der Waals surface area contributed by atoms with E-state index in [0.29, 0.717) is 5.92 Å². The van der Waals surface area contributed by atoms with Gasteiger partial charge in [0.1, 0.15) is 5.75 Å². The van der Waals surface area contributed by atoms with Gasteiger partial charge >= 0.3 is 0 Å². The van der Waals surface area contributed by atoms with Crippen LogP contribution in [-0.2, 0) is 6.42 Å². The van der Waals surface area contributed by atoms with Gasteiger partial charge in [-0.1, -0.05) is 24.3 Å². The monoisotopic (exact) mass is 302 g/mol. The van der Waals surface area contributed by atoms with Gasteiger partial charge in [-0.05, 0) is 61.1 Å². The number of aliphatic hydroxyl groups excluding tert-OH is 1. The Balaban J connectivity index is 1.50. The molecule has 1 N–H and O–H groups in total. The molecule has 0 saturated carbocycles. The maximum atomic E-state index is 10.3. The van der Waals surface area contributed by atoms with E-state index in [1.165, 1.54) is 10.4 Å². The lowest BCUT2D eigenvalue weighted by Gasteiger charge is -2.27. The molecule has 21 heavy (non-hydrogen) atoms. The molecular formula is C18H22O2S. The quantitative estimate of drug-likeness (QED) is 0.857. The lowest BCUT2D eigenvalue weighted by atomic mass is 9.87. The number of hydrogen-bond acceptors (Lipinski definition) is 3. The third-order valence-electron chi connectivity index (χ3n) is 4.18. The van der Waals surface area contributed by atoms with Gasteiger partial charge < -0.3 is 9.84 Å². The first kappa shape index (κ1) is 14.6. The zero-order chi connectivity index (χ0) is 14.5. The van der Waals surface area contributed by atoms with Crippen LogP contribution in [0.4, 0.5) is 0 Å². The van der Waals surface area contributed by atoms with Crippen LogP contribution in [0.5, 0.6) is 5.75 Å². The fraction of sp³-hybridized carbons (Fsp3) is 0.444. The highest BCUT2D eigenvalue weighted by Crippen LogP contribution is 2.36. The summed E-state index contributed by atoms with van der Waals surface area (Å²) in [7, 11) is 0. The van der Waals surface area contributed by atoms with E-state index < -0.39 is 0 Å². The number of benzene rings is 1. The van der Waals surface area contributed by atoms with Crippen molar-refractivity contribution < 1.29 is 9.84 Å². The predicted octanol–water partition coefficient (Wildman–Crippen LogP) is 4.39. The van der Waals surface area contributed by atoms with Gasteiger partial charge in [-0.25, -0.2) is 0 Å². The van der Waals surface area contributed by atoms with Crippen LogP contribution in [0.1, 0.15) is 42.0 Å². The summed E-state index contributed by atoms with van der Waals surface area (Å²) in [4.78, 5) is 1.42. The van der Waals surface area contributed by atoms with Gasteiger partial charge in [-0.15, -0.1) is 11.3 Å². The summed E-state index contributed by atoms with van der Waals surface area (Å²) in [5.74, 6) is 1.44. The van der Waals surface area contributed by atoms with Crippen LogP contribution >= 0.6 is 11.3 Å². The first-order valence-corrected chi connectivity index (χ1v) is 8.63.